The molecule has 1 aromatic rings. The first-order chi connectivity index (χ1) is 11.7. The van der Waals surface area contributed by atoms with Crippen LogP contribution in [0.3, 0.4) is 0 Å². The van der Waals surface area contributed by atoms with Crippen molar-refractivity contribution in [2.24, 2.45) is 5.92 Å². The number of likely N-dealkylation sites (tertiary alicyclic amines) is 1. The van der Waals surface area contributed by atoms with E-state index < -0.39 is 0 Å². The number of nitrogens with one attached hydrogen (secondary N) is 2. The number of amides is 1. The first-order valence-electron chi connectivity index (χ1n) is 9.07. The van der Waals surface area contributed by atoms with Crippen LogP contribution in [0, 0.1) is 5.92 Å². The lowest BCUT2D eigenvalue weighted by atomic mass is 9.98. The van der Waals surface area contributed by atoms with Gasteiger partial charge < -0.3 is 15.0 Å². The molecule has 1 amide bonds. The Morgan fingerprint density at radius 1 is 1.25 bits per heavy atom. The zero-order valence-electron chi connectivity index (χ0n) is 14.4. The predicted octanol–water partition coefficient (Wildman–Crippen LogP) is 0.972. The Morgan fingerprint density at radius 2 is 2.08 bits per heavy atom. The van der Waals surface area contributed by atoms with Crippen LogP contribution in [0.2, 0.25) is 0 Å². The van der Waals surface area contributed by atoms with E-state index in [2.05, 4.69) is 17.4 Å². The van der Waals surface area contributed by atoms with Gasteiger partial charge in [-0.1, -0.05) is 6.07 Å². The molecule has 1 saturated heterocycles. The molecule has 0 bridgehead atoms. The molecule has 2 N–H and O–H groups in total. The molecule has 5 nitrogen and oxygen atoms in total. The van der Waals surface area contributed by atoms with Crippen molar-refractivity contribution in [3.63, 3.8) is 0 Å². The number of ether oxygens (including phenoxy) is 1. The summed E-state index contributed by atoms with van der Waals surface area (Å²) in [5, 5.41) is 3.01. The lowest BCUT2D eigenvalue weighted by molar-refractivity contribution is -0.899. The minimum absolute atomic E-state index is 0.0208. The van der Waals surface area contributed by atoms with Crippen LogP contribution in [0.1, 0.15) is 37.3 Å². The van der Waals surface area contributed by atoms with E-state index in [9.17, 15) is 9.59 Å². The average Bonchev–Trinajstić information content (AvgIpc) is 3.03. The van der Waals surface area contributed by atoms with Gasteiger partial charge in [0.25, 0.3) is 5.91 Å². The normalized spacial score (nSPS) is 22.7. The van der Waals surface area contributed by atoms with Crippen LogP contribution in [0.25, 0.3) is 0 Å². The van der Waals surface area contributed by atoms with Gasteiger partial charge in [0.15, 0.2) is 6.54 Å². The van der Waals surface area contributed by atoms with Gasteiger partial charge in [0.1, 0.15) is 5.92 Å². The maximum Gasteiger partial charge on any atom is 0.314 e. The highest BCUT2D eigenvalue weighted by Gasteiger charge is 2.30. The SMILES string of the molecule is CCOC(=O)[C@H]1CCC[NH+](CC(=O)Nc2ccc3c(c2)CCC3)C1. The number of esters is 1. The number of carbonyl (C=O) groups excluding carboxylic acids is 2. The fraction of sp³-hybridized carbons (Fsp3) is 0.579. The largest absolute Gasteiger partial charge is 0.466 e. The quantitative estimate of drug-likeness (QED) is 0.791. The number of piperidine rings is 1. The molecular weight excluding hydrogens is 304 g/mol. The minimum Gasteiger partial charge on any atom is -0.466 e. The van der Waals surface area contributed by atoms with Crippen molar-refractivity contribution in [1.82, 2.24) is 0 Å². The van der Waals surface area contributed by atoms with Gasteiger partial charge in [0.05, 0.1) is 19.7 Å². The highest BCUT2D eigenvalue weighted by atomic mass is 16.5. The van der Waals surface area contributed by atoms with Crippen LogP contribution in [-0.2, 0) is 27.2 Å². The third-order valence-corrected chi connectivity index (χ3v) is 5.03. The number of hydrogen-bond acceptors (Lipinski definition) is 3. The predicted molar refractivity (Wildman–Crippen MR) is 92.0 cm³/mol. The molecule has 0 spiro atoms. The van der Waals surface area contributed by atoms with Crippen molar-refractivity contribution in [2.75, 3.05) is 31.6 Å². The molecule has 24 heavy (non-hydrogen) atoms. The first-order valence-corrected chi connectivity index (χ1v) is 9.07. The van der Waals surface area contributed by atoms with Crippen molar-refractivity contribution in [3.05, 3.63) is 29.3 Å². The van der Waals surface area contributed by atoms with Crippen LogP contribution in [0.15, 0.2) is 18.2 Å². The molecule has 2 atom stereocenters. The monoisotopic (exact) mass is 331 g/mol. The Labute approximate surface area is 143 Å². The zero-order valence-corrected chi connectivity index (χ0v) is 14.4. The van der Waals surface area contributed by atoms with Crippen LogP contribution in [-0.4, -0.2) is 38.1 Å². The molecule has 1 fully saturated rings. The topological polar surface area (TPSA) is 59.8 Å². The van der Waals surface area contributed by atoms with E-state index in [4.69, 9.17) is 4.74 Å². The minimum atomic E-state index is -0.117. The van der Waals surface area contributed by atoms with Crippen LogP contribution in [0.5, 0.6) is 0 Å². The van der Waals surface area contributed by atoms with Crippen molar-refractivity contribution in [1.29, 1.82) is 0 Å². The second-order valence-electron chi connectivity index (χ2n) is 6.86. The lowest BCUT2D eigenvalue weighted by Crippen LogP contribution is -3.14. The van der Waals surface area contributed by atoms with Gasteiger partial charge in [-0.3, -0.25) is 9.59 Å². The second-order valence-corrected chi connectivity index (χ2v) is 6.86. The van der Waals surface area contributed by atoms with Crippen molar-refractivity contribution in [2.45, 2.75) is 39.0 Å². The smallest absolute Gasteiger partial charge is 0.314 e. The van der Waals surface area contributed by atoms with Crippen LogP contribution in [0.4, 0.5) is 5.69 Å². The van der Waals surface area contributed by atoms with E-state index in [0.29, 0.717) is 19.7 Å². The van der Waals surface area contributed by atoms with Gasteiger partial charge in [-0.15, -0.1) is 0 Å². The van der Waals surface area contributed by atoms with Crippen molar-refractivity contribution in [3.8, 4) is 0 Å². The van der Waals surface area contributed by atoms with E-state index in [1.54, 1.807) is 0 Å². The molecule has 1 aliphatic heterocycles. The maximum atomic E-state index is 12.3. The van der Waals surface area contributed by atoms with E-state index in [1.807, 2.05) is 13.0 Å². The third kappa shape index (κ3) is 4.15. The Morgan fingerprint density at radius 3 is 2.92 bits per heavy atom. The van der Waals surface area contributed by atoms with E-state index in [-0.39, 0.29) is 17.8 Å². The van der Waals surface area contributed by atoms with E-state index in [1.165, 1.54) is 17.5 Å². The Kier molecular flexibility index (Phi) is 5.51. The summed E-state index contributed by atoms with van der Waals surface area (Å²) in [5.41, 5.74) is 3.66. The van der Waals surface area contributed by atoms with Crippen molar-refractivity contribution >= 4 is 17.6 Å². The Bertz CT molecular complexity index is 615. The summed E-state index contributed by atoms with van der Waals surface area (Å²) in [6.45, 7) is 4.29. The molecule has 130 valence electrons. The van der Waals surface area contributed by atoms with Crippen LogP contribution < -0.4 is 10.2 Å². The summed E-state index contributed by atoms with van der Waals surface area (Å²) in [6.07, 6.45) is 5.30. The fourth-order valence-electron chi connectivity index (χ4n) is 3.85. The second kappa shape index (κ2) is 7.79. The van der Waals surface area contributed by atoms with Gasteiger partial charge >= 0.3 is 5.97 Å². The molecule has 1 heterocycles. The molecule has 1 unspecified atom stereocenters. The highest BCUT2D eigenvalue weighted by Crippen LogP contribution is 2.24. The standard InChI is InChI=1S/C19H26N2O3/c1-2-24-19(23)16-7-4-10-21(12-16)13-18(22)20-17-9-8-14-5-3-6-15(14)11-17/h8-9,11,16H,2-7,10,12-13H2,1H3,(H,20,22)/p+1/t16-/m0/s1. The molecule has 0 aromatic heterocycles. The van der Waals surface area contributed by atoms with Gasteiger partial charge in [-0.25, -0.2) is 0 Å². The molecule has 1 aliphatic carbocycles. The molecule has 3 rings (SSSR count). The molecule has 0 radical (unpaired) electrons. The van der Waals surface area contributed by atoms with Gasteiger partial charge in [-0.2, -0.15) is 0 Å². The summed E-state index contributed by atoms with van der Waals surface area (Å²) in [4.78, 5) is 25.4. The Hall–Kier alpha value is -1.88. The van der Waals surface area contributed by atoms with Crippen molar-refractivity contribution < 1.29 is 19.2 Å². The summed E-state index contributed by atoms with van der Waals surface area (Å²) >= 11 is 0. The van der Waals surface area contributed by atoms with Gasteiger partial charge in [-0.05, 0) is 62.3 Å². The highest BCUT2D eigenvalue weighted by molar-refractivity contribution is 5.91. The lowest BCUT2D eigenvalue weighted by Gasteiger charge is -2.28. The number of carbonyl (C=O) groups is 2. The number of rotatable bonds is 5. The van der Waals surface area contributed by atoms with Gasteiger partial charge in [0.2, 0.25) is 0 Å². The maximum absolute atomic E-state index is 12.3. The van der Waals surface area contributed by atoms with Crippen LogP contribution >= 0.6 is 0 Å². The zero-order chi connectivity index (χ0) is 16.9. The molecule has 2 aliphatic rings. The number of aryl methyl sites for hydroxylation is 2. The van der Waals surface area contributed by atoms with Gasteiger partial charge in [0, 0.05) is 5.69 Å². The average molecular weight is 331 g/mol. The summed E-state index contributed by atoms with van der Waals surface area (Å²) < 4.78 is 5.12. The molecule has 5 heteroatoms. The first kappa shape index (κ1) is 17.0. The third-order valence-electron chi connectivity index (χ3n) is 5.03. The molecule has 0 saturated carbocycles. The summed E-state index contributed by atoms with van der Waals surface area (Å²) in [7, 11) is 0. The summed E-state index contributed by atoms with van der Waals surface area (Å²) in [5.74, 6) is -0.164. The molecule has 1 aromatic carbocycles. The fourth-order valence-corrected chi connectivity index (χ4v) is 3.85. The number of hydrogen-bond donors (Lipinski definition) is 2. The van der Waals surface area contributed by atoms with E-state index in [0.717, 1.165) is 42.8 Å². The number of quaternary nitrogens is 1. The number of anilines is 1. The number of benzene rings is 1. The number of fused-ring (bicyclic) bond motifs is 1. The Balaban J connectivity index is 1.52. The van der Waals surface area contributed by atoms with E-state index >= 15 is 0 Å². The molecular formula is C19H27N2O3+. The summed E-state index contributed by atoms with van der Waals surface area (Å²) in [6, 6.07) is 6.23.